The molecule has 3 aliphatic rings. The van der Waals surface area contributed by atoms with Gasteiger partial charge in [0.25, 0.3) is 0 Å². The van der Waals surface area contributed by atoms with Gasteiger partial charge in [-0.3, -0.25) is 0 Å². The van der Waals surface area contributed by atoms with E-state index in [1.54, 1.807) is 18.2 Å². The number of nitrogens with zero attached hydrogens (tertiary/aromatic N) is 2. The summed E-state index contributed by atoms with van der Waals surface area (Å²) in [6, 6.07) is 14.5. The summed E-state index contributed by atoms with van der Waals surface area (Å²) in [6.45, 7) is 0. The molecule has 36 radical (unpaired) electrons. The zero-order chi connectivity index (χ0) is 45.5. The summed E-state index contributed by atoms with van der Waals surface area (Å²) >= 11 is 0. The van der Waals surface area contributed by atoms with Crippen molar-refractivity contribution in [1.29, 1.82) is 0 Å². The predicted molar refractivity (Wildman–Crippen MR) is 280 cm³/mol. The number of imidazole rings is 1. The van der Waals surface area contributed by atoms with Crippen LogP contribution in [-0.4, -0.2) is 151 Å². The first-order valence-electron chi connectivity index (χ1n) is 19.3. The summed E-state index contributed by atoms with van der Waals surface area (Å²) < 4.78 is 1.89. The van der Waals surface area contributed by atoms with Crippen molar-refractivity contribution < 1.29 is 0 Å². The lowest BCUT2D eigenvalue weighted by molar-refractivity contribution is 0.348. The van der Waals surface area contributed by atoms with E-state index < -0.39 is 11.0 Å². The molecule has 5 aromatic carbocycles. The van der Waals surface area contributed by atoms with Crippen LogP contribution in [0.5, 0.6) is 0 Å². The van der Waals surface area contributed by atoms with Gasteiger partial charge in [0, 0.05) is 5.56 Å². The minimum atomic E-state index is -1.80. The third-order valence-corrected chi connectivity index (χ3v) is 12.9. The number of allylic oxidation sites excluding steroid dienone is 9. The topological polar surface area (TPSA) is 17.8 Å². The molecule has 0 saturated heterocycles. The van der Waals surface area contributed by atoms with E-state index in [-0.39, 0.29) is 110 Å². The number of aromatic nitrogens is 2. The molecule has 0 N–H and O–H groups in total. The van der Waals surface area contributed by atoms with E-state index in [9.17, 15) is 0 Å². The van der Waals surface area contributed by atoms with E-state index in [4.69, 9.17) is 146 Å². The number of fused-ring (bicyclic) bond motifs is 4. The highest BCUT2D eigenvalue weighted by Crippen LogP contribution is 2.65. The number of hydrogen-bond donors (Lipinski definition) is 0. The van der Waals surface area contributed by atoms with Crippen LogP contribution in [0.2, 0.25) is 0 Å². The van der Waals surface area contributed by atoms with Crippen LogP contribution in [-0.2, 0) is 11.0 Å². The largest absolute Gasteiger partial charge is 0.309 e. The Kier molecular flexibility index (Phi) is 10.4. The maximum Gasteiger partial charge on any atom is 0.140 e. The zero-order valence-corrected chi connectivity index (χ0v) is 33.7. The second kappa shape index (κ2) is 15.0. The zero-order valence-electron chi connectivity index (χ0n) is 33.7. The molecule has 0 spiro atoms. The number of benzene rings is 5. The summed E-state index contributed by atoms with van der Waals surface area (Å²) in [7, 11) is 122. The minimum Gasteiger partial charge on any atom is -0.309 e. The molecule has 1 aromatic heterocycles. The fourth-order valence-corrected chi connectivity index (χ4v) is 9.73. The van der Waals surface area contributed by atoms with Crippen LogP contribution in [0.15, 0.2) is 100 Å². The van der Waals surface area contributed by atoms with E-state index >= 15 is 0 Å². The van der Waals surface area contributed by atoms with Crippen LogP contribution in [0.4, 0.5) is 0 Å². The van der Waals surface area contributed by atoms with Gasteiger partial charge < -0.3 is 4.57 Å². The van der Waals surface area contributed by atoms with Crippen molar-refractivity contribution in [3.05, 3.63) is 117 Å². The first-order valence-corrected chi connectivity index (χ1v) is 19.3. The van der Waals surface area contributed by atoms with Gasteiger partial charge in [-0.1, -0.05) is 92.9 Å². The van der Waals surface area contributed by atoms with Gasteiger partial charge in [0.1, 0.15) is 153 Å². The third kappa shape index (κ3) is 5.54. The van der Waals surface area contributed by atoms with Gasteiger partial charge in [0.2, 0.25) is 0 Å². The van der Waals surface area contributed by atoms with Crippen LogP contribution in [0.3, 0.4) is 0 Å². The lowest BCUT2D eigenvalue weighted by atomic mass is 9.43. The van der Waals surface area contributed by atoms with Crippen molar-refractivity contribution in [3.63, 3.8) is 0 Å². The quantitative estimate of drug-likeness (QED) is 0.160. The van der Waals surface area contributed by atoms with Crippen LogP contribution in [0.25, 0.3) is 39.1 Å². The lowest BCUT2D eigenvalue weighted by Crippen LogP contribution is -2.60. The highest BCUT2D eigenvalue weighted by atomic mass is 15.2. The molecule has 0 amide bonds. The summed E-state index contributed by atoms with van der Waals surface area (Å²) in [5, 5.41) is 0. The summed E-state index contributed by atoms with van der Waals surface area (Å²) in [4.78, 5) is 5.13. The Morgan fingerprint density at radius 1 is 0.429 bits per heavy atom. The molecule has 1 atom stereocenters. The Hall–Kier alpha value is -4.56. The fourth-order valence-electron chi connectivity index (χ4n) is 9.73. The smallest absolute Gasteiger partial charge is 0.140 e. The van der Waals surface area contributed by atoms with Gasteiger partial charge in [0.05, 0.1) is 16.4 Å². The molecule has 0 fully saturated rings. The molecule has 2 nitrogen and oxygen atoms in total. The number of hydrogen-bond acceptors (Lipinski definition) is 1. The van der Waals surface area contributed by atoms with Crippen molar-refractivity contribution in [2.45, 2.75) is 11.0 Å². The van der Waals surface area contributed by atoms with E-state index in [1.807, 2.05) is 59.2 Å². The van der Waals surface area contributed by atoms with Gasteiger partial charge in [-0.15, -0.1) is 60.1 Å². The first-order chi connectivity index (χ1) is 29.8. The Morgan fingerprint density at radius 3 is 1.48 bits per heavy atom. The summed E-state index contributed by atoms with van der Waals surface area (Å²) in [5.41, 5.74) is 1.09. The molecule has 0 aliphatic heterocycles. The van der Waals surface area contributed by atoms with Crippen LogP contribution < -0.4 is 76.5 Å². The van der Waals surface area contributed by atoms with Crippen LogP contribution in [0.1, 0.15) is 16.7 Å². The molecule has 0 bridgehead atoms. The van der Waals surface area contributed by atoms with E-state index in [0.29, 0.717) is 50.0 Å². The second-order valence-electron chi connectivity index (χ2n) is 15.8. The predicted octanol–water partition coefficient (Wildman–Crippen LogP) is -8.83. The van der Waals surface area contributed by atoms with Crippen molar-refractivity contribution in [3.8, 4) is 22.5 Å². The van der Waals surface area contributed by atoms with E-state index in [0.717, 1.165) is 0 Å². The fraction of sp³-hybridized carbons (Fsp3) is 0.0465. The molecule has 0 saturated carbocycles. The van der Waals surface area contributed by atoms with Crippen LogP contribution in [0, 0.1) is 0 Å². The highest BCUT2D eigenvalue weighted by molar-refractivity contribution is 6.70. The molecule has 63 heavy (non-hydrogen) atoms. The maximum atomic E-state index is 7.56. The molecular weight excluding hydrogens is 739 g/mol. The third-order valence-electron chi connectivity index (χ3n) is 12.9. The minimum absolute atomic E-state index is 0.00131. The number of para-hydroxylation sites is 2. The van der Waals surface area contributed by atoms with E-state index in [2.05, 4.69) is 0 Å². The van der Waals surface area contributed by atoms with Crippen molar-refractivity contribution in [2.75, 3.05) is 0 Å². The average Bonchev–Trinajstić information content (AvgIpc) is 4.01. The molecule has 248 valence electrons. The van der Waals surface area contributed by atoms with Gasteiger partial charge in [-0.2, -0.15) is 0 Å². The summed E-state index contributed by atoms with van der Waals surface area (Å²) in [5.74, 6) is 0.207. The number of rotatable bonds is 5. The van der Waals surface area contributed by atoms with Gasteiger partial charge in [-0.25, -0.2) is 4.98 Å². The van der Waals surface area contributed by atoms with Crippen molar-refractivity contribution in [1.82, 2.24) is 9.55 Å². The normalized spacial score (nSPS) is 17.6. The highest BCUT2D eigenvalue weighted by Gasteiger charge is 2.62. The Morgan fingerprint density at radius 2 is 0.905 bits per heavy atom. The van der Waals surface area contributed by atoms with Crippen molar-refractivity contribution in [2.24, 2.45) is 0 Å². The summed E-state index contributed by atoms with van der Waals surface area (Å²) in [6.07, 6.45) is 7.43. The first kappa shape index (κ1) is 43.7. The average molecular weight is 751 g/mol. The Balaban J connectivity index is 1.52. The molecule has 1 unspecified atom stereocenters. The molecule has 20 heteroatoms. The Labute approximate surface area is 392 Å². The van der Waals surface area contributed by atoms with E-state index in [1.165, 1.54) is 0 Å². The van der Waals surface area contributed by atoms with Crippen molar-refractivity contribution >= 4 is 234 Å². The maximum absolute atomic E-state index is 7.56. The molecular formula is C43H12B18N2. The standard InChI is InChI=1S/C43H12B18N2/c44-23-18(24(45)31(52)37(58)30(23)51)14-7-5-6-13(12-14)17-19-22(29(50)35(56)32(53)25(19)46)43(21(17)28(49)36(57)39(60)40(43)61)42(10-3-4-11-42)63-16-9-2-1-8-15(16)62-41(63)20-26(47)33(54)38(59)34(55)27(20)48/h1-12H. The molecule has 3 aliphatic carbocycles. The van der Waals surface area contributed by atoms with Gasteiger partial charge in [0.15, 0.2) is 0 Å². The van der Waals surface area contributed by atoms with Crippen LogP contribution >= 0.6 is 0 Å². The molecule has 1 heterocycles. The molecule has 6 aromatic rings. The Bertz CT molecular complexity index is 3210. The lowest BCUT2D eigenvalue weighted by Gasteiger charge is -2.54. The monoisotopic (exact) mass is 754 g/mol. The second-order valence-corrected chi connectivity index (χ2v) is 15.8. The molecule has 9 rings (SSSR count). The van der Waals surface area contributed by atoms with Gasteiger partial charge in [-0.05, 0) is 57.2 Å². The SMILES string of the molecule is [B]C1=C([B])C2=C(c3cccc(-c4c([B])c([B])c([B])c([B])c4[B])c3)c3c([B])c([B])c([B])c([B])c3C2(C2(n3c(-c4c([B])c([B])c([B])c([B])c4[B])nc4ccccc43)C=CC=C2)C([B])=C1[B]. The van der Waals surface area contributed by atoms with Gasteiger partial charge >= 0.3 is 0 Å².